The minimum Gasteiger partial charge on any atom is -0.491 e. The molecule has 3 nitrogen and oxygen atoms in total. The molecule has 1 aliphatic heterocycles. The summed E-state index contributed by atoms with van der Waals surface area (Å²) in [5.41, 5.74) is 3.48. The fourth-order valence-electron chi connectivity index (χ4n) is 2.57. The van der Waals surface area contributed by atoms with Gasteiger partial charge in [0.25, 0.3) is 0 Å². The van der Waals surface area contributed by atoms with Crippen LogP contribution >= 0.6 is 0 Å². The van der Waals surface area contributed by atoms with Gasteiger partial charge in [-0.15, -0.1) is 0 Å². The summed E-state index contributed by atoms with van der Waals surface area (Å²) >= 11 is 0. The number of fused-ring (bicyclic) bond motifs is 1. The van der Waals surface area contributed by atoms with E-state index >= 15 is 0 Å². The predicted molar refractivity (Wildman–Crippen MR) is 85.2 cm³/mol. The van der Waals surface area contributed by atoms with Gasteiger partial charge in [0.2, 0.25) is 0 Å². The number of para-hydroxylation sites is 1. The van der Waals surface area contributed by atoms with Gasteiger partial charge in [-0.1, -0.05) is 24.3 Å². The standard InChI is InChI=1S/C18H21NO2/c1-12(2)20-15-9-7-14(8-10-15)17-11-19-18-13(3)5-4-6-16(18)21-17/h4-10,12,17,19H,11H2,1-3H3. The number of nitrogens with one attached hydrogen (secondary N) is 1. The molecule has 2 aromatic carbocycles. The molecule has 1 N–H and O–H groups in total. The monoisotopic (exact) mass is 283 g/mol. The van der Waals surface area contributed by atoms with Crippen LogP contribution in [0.3, 0.4) is 0 Å². The van der Waals surface area contributed by atoms with Crippen molar-refractivity contribution >= 4 is 5.69 Å². The first-order valence-corrected chi connectivity index (χ1v) is 7.40. The molecule has 3 heteroatoms. The van der Waals surface area contributed by atoms with E-state index in [0.29, 0.717) is 0 Å². The highest BCUT2D eigenvalue weighted by Crippen LogP contribution is 2.36. The third-order valence-electron chi connectivity index (χ3n) is 3.59. The van der Waals surface area contributed by atoms with Crippen molar-refractivity contribution in [2.75, 3.05) is 11.9 Å². The maximum atomic E-state index is 6.12. The van der Waals surface area contributed by atoms with Gasteiger partial charge in [-0.2, -0.15) is 0 Å². The largest absolute Gasteiger partial charge is 0.491 e. The highest BCUT2D eigenvalue weighted by Gasteiger charge is 2.21. The Morgan fingerprint density at radius 3 is 2.62 bits per heavy atom. The molecule has 3 rings (SSSR count). The van der Waals surface area contributed by atoms with Gasteiger partial charge in [-0.25, -0.2) is 0 Å². The van der Waals surface area contributed by atoms with Crippen LogP contribution in [0.4, 0.5) is 5.69 Å². The van der Waals surface area contributed by atoms with Crippen molar-refractivity contribution in [2.45, 2.75) is 33.0 Å². The van der Waals surface area contributed by atoms with Crippen LogP contribution in [0.25, 0.3) is 0 Å². The van der Waals surface area contributed by atoms with Crippen LogP contribution in [0, 0.1) is 6.92 Å². The number of aryl methyl sites for hydroxylation is 1. The Hall–Kier alpha value is -2.16. The summed E-state index contributed by atoms with van der Waals surface area (Å²) in [4.78, 5) is 0. The average Bonchev–Trinajstić information content (AvgIpc) is 2.47. The lowest BCUT2D eigenvalue weighted by atomic mass is 10.1. The molecule has 0 saturated carbocycles. The Balaban J connectivity index is 1.77. The lowest BCUT2D eigenvalue weighted by Gasteiger charge is -2.28. The maximum Gasteiger partial charge on any atom is 0.143 e. The van der Waals surface area contributed by atoms with E-state index in [0.717, 1.165) is 29.3 Å². The smallest absolute Gasteiger partial charge is 0.143 e. The van der Waals surface area contributed by atoms with Crippen molar-refractivity contribution in [3.05, 3.63) is 53.6 Å². The van der Waals surface area contributed by atoms with Crippen LogP contribution in [-0.2, 0) is 0 Å². The lowest BCUT2D eigenvalue weighted by Crippen LogP contribution is -2.24. The molecule has 0 saturated heterocycles. The van der Waals surface area contributed by atoms with Gasteiger partial charge in [0.1, 0.15) is 17.6 Å². The molecule has 2 aromatic rings. The Labute approximate surface area is 125 Å². The van der Waals surface area contributed by atoms with Gasteiger partial charge in [-0.05, 0) is 50.1 Å². The van der Waals surface area contributed by atoms with Crippen LogP contribution in [0.5, 0.6) is 11.5 Å². The van der Waals surface area contributed by atoms with E-state index in [1.807, 2.05) is 38.1 Å². The van der Waals surface area contributed by atoms with Gasteiger partial charge in [0, 0.05) is 0 Å². The Bertz CT molecular complexity index is 620. The Morgan fingerprint density at radius 1 is 1.14 bits per heavy atom. The van der Waals surface area contributed by atoms with Crippen molar-refractivity contribution in [1.82, 2.24) is 0 Å². The summed E-state index contributed by atoms with van der Waals surface area (Å²) < 4.78 is 11.8. The van der Waals surface area contributed by atoms with Gasteiger partial charge in [0.15, 0.2) is 0 Å². The molecule has 1 aliphatic rings. The summed E-state index contributed by atoms with van der Waals surface area (Å²) in [5, 5.41) is 3.47. The SMILES string of the molecule is Cc1cccc2c1NCC(c1ccc(OC(C)C)cc1)O2. The molecule has 0 aliphatic carbocycles. The first kappa shape index (κ1) is 13.8. The van der Waals surface area contributed by atoms with Crippen LogP contribution < -0.4 is 14.8 Å². The zero-order valence-corrected chi connectivity index (χ0v) is 12.7. The van der Waals surface area contributed by atoms with E-state index in [9.17, 15) is 0 Å². The lowest BCUT2D eigenvalue weighted by molar-refractivity contribution is 0.209. The van der Waals surface area contributed by atoms with Gasteiger partial charge in [0.05, 0.1) is 18.3 Å². The number of anilines is 1. The average molecular weight is 283 g/mol. The second-order valence-corrected chi connectivity index (χ2v) is 5.67. The zero-order valence-electron chi connectivity index (χ0n) is 12.7. The van der Waals surface area contributed by atoms with Crippen molar-refractivity contribution in [3.63, 3.8) is 0 Å². The summed E-state index contributed by atoms with van der Waals surface area (Å²) in [7, 11) is 0. The summed E-state index contributed by atoms with van der Waals surface area (Å²) in [6.07, 6.45) is 0.227. The summed E-state index contributed by atoms with van der Waals surface area (Å²) in [6, 6.07) is 14.3. The molecule has 0 spiro atoms. The molecule has 21 heavy (non-hydrogen) atoms. The third-order valence-corrected chi connectivity index (χ3v) is 3.59. The van der Waals surface area contributed by atoms with Crippen LogP contribution in [0.1, 0.15) is 31.1 Å². The number of hydrogen-bond acceptors (Lipinski definition) is 3. The van der Waals surface area contributed by atoms with Crippen molar-refractivity contribution in [3.8, 4) is 11.5 Å². The number of rotatable bonds is 3. The van der Waals surface area contributed by atoms with Crippen molar-refractivity contribution in [2.24, 2.45) is 0 Å². The second kappa shape index (κ2) is 5.68. The summed E-state index contributed by atoms with van der Waals surface area (Å²) in [6.45, 7) is 6.93. The van der Waals surface area contributed by atoms with Crippen LogP contribution in [0.15, 0.2) is 42.5 Å². The molecule has 1 unspecified atom stereocenters. The first-order chi connectivity index (χ1) is 10.1. The molecule has 0 bridgehead atoms. The minimum absolute atomic E-state index is 0.0346. The fraction of sp³-hybridized carbons (Fsp3) is 0.333. The van der Waals surface area contributed by atoms with E-state index in [1.165, 1.54) is 5.56 Å². The van der Waals surface area contributed by atoms with Gasteiger partial charge < -0.3 is 14.8 Å². The highest BCUT2D eigenvalue weighted by molar-refractivity contribution is 5.63. The van der Waals surface area contributed by atoms with E-state index in [1.54, 1.807) is 0 Å². The van der Waals surface area contributed by atoms with Crippen LogP contribution in [-0.4, -0.2) is 12.6 Å². The molecule has 0 fully saturated rings. The molecule has 1 atom stereocenters. The minimum atomic E-state index is 0.0346. The molecule has 0 radical (unpaired) electrons. The van der Waals surface area contributed by atoms with E-state index in [4.69, 9.17) is 9.47 Å². The molecule has 110 valence electrons. The predicted octanol–water partition coefficient (Wildman–Crippen LogP) is 4.33. The molecule has 0 amide bonds. The third kappa shape index (κ3) is 2.97. The second-order valence-electron chi connectivity index (χ2n) is 5.67. The van der Waals surface area contributed by atoms with Crippen molar-refractivity contribution in [1.29, 1.82) is 0 Å². The molecule has 0 aromatic heterocycles. The molecular weight excluding hydrogens is 262 g/mol. The highest BCUT2D eigenvalue weighted by atomic mass is 16.5. The van der Waals surface area contributed by atoms with Crippen LogP contribution in [0.2, 0.25) is 0 Å². The van der Waals surface area contributed by atoms with Gasteiger partial charge >= 0.3 is 0 Å². The zero-order chi connectivity index (χ0) is 14.8. The van der Waals surface area contributed by atoms with E-state index in [-0.39, 0.29) is 12.2 Å². The number of hydrogen-bond donors (Lipinski definition) is 1. The fourth-order valence-corrected chi connectivity index (χ4v) is 2.57. The Morgan fingerprint density at radius 2 is 1.90 bits per heavy atom. The number of ether oxygens (including phenoxy) is 2. The number of benzene rings is 2. The maximum absolute atomic E-state index is 6.12. The van der Waals surface area contributed by atoms with E-state index < -0.39 is 0 Å². The quantitative estimate of drug-likeness (QED) is 0.909. The topological polar surface area (TPSA) is 30.5 Å². The molecule has 1 heterocycles. The first-order valence-electron chi connectivity index (χ1n) is 7.40. The molecular formula is C18H21NO2. The van der Waals surface area contributed by atoms with E-state index in [2.05, 4.69) is 30.4 Å². The summed E-state index contributed by atoms with van der Waals surface area (Å²) in [5.74, 6) is 1.82. The van der Waals surface area contributed by atoms with Gasteiger partial charge in [-0.3, -0.25) is 0 Å². The normalized spacial score (nSPS) is 16.9. The Kier molecular flexibility index (Phi) is 3.74. The van der Waals surface area contributed by atoms with Crippen molar-refractivity contribution < 1.29 is 9.47 Å².